The average molecular weight is 230 g/mol. The van der Waals surface area contributed by atoms with E-state index in [4.69, 9.17) is 10.3 Å². The van der Waals surface area contributed by atoms with Gasteiger partial charge in [-0.2, -0.15) is 9.67 Å². The van der Waals surface area contributed by atoms with Crippen LogP contribution in [-0.2, 0) is 0 Å². The summed E-state index contributed by atoms with van der Waals surface area (Å²) in [4.78, 5) is 8.27. The van der Waals surface area contributed by atoms with Crippen molar-refractivity contribution in [1.29, 1.82) is 0 Å². The van der Waals surface area contributed by atoms with Crippen molar-refractivity contribution in [3.05, 3.63) is 23.8 Å². The fourth-order valence-electron chi connectivity index (χ4n) is 1.75. The smallest absolute Gasteiger partial charge is 0.349 e. The van der Waals surface area contributed by atoms with E-state index in [2.05, 4.69) is 20.2 Å². The Hall–Kier alpha value is -2.44. The molecule has 0 saturated heterocycles. The Morgan fingerprint density at radius 3 is 2.82 bits per heavy atom. The van der Waals surface area contributed by atoms with Crippen LogP contribution in [0.2, 0.25) is 0 Å². The molecular formula is C10H10N6O. The minimum Gasteiger partial charge on any atom is -0.398 e. The number of nitrogens with zero attached hydrogens (tertiary/aromatic N) is 5. The number of hydrogen-bond donors (Lipinski definition) is 1. The SMILES string of the molecule is Cc1noc(-n2nc3nccc(N)c3c2C)n1. The molecule has 2 N–H and O–H groups in total. The van der Waals surface area contributed by atoms with Crippen molar-refractivity contribution in [1.82, 2.24) is 24.9 Å². The second-order valence-electron chi connectivity index (χ2n) is 3.72. The van der Waals surface area contributed by atoms with Crippen molar-refractivity contribution in [2.24, 2.45) is 0 Å². The lowest BCUT2D eigenvalue weighted by Crippen LogP contribution is -1.99. The molecule has 0 fully saturated rings. The first-order chi connectivity index (χ1) is 8.16. The lowest BCUT2D eigenvalue weighted by atomic mass is 10.2. The summed E-state index contributed by atoms with van der Waals surface area (Å²) in [5.41, 5.74) is 7.92. The predicted molar refractivity (Wildman–Crippen MR) is 60.6 cm³/mol. The Labute approximate surface area is 96.3 Å². The Balaban J connectivity index is 2.32. The van der Waals surface area contributed by atoms with Gasteiger partial charge in [0.25, 0.3) is 0 Å². The molecule has 3 rings (SSSR count). The predicted octanol–water partition coefficient (Wildman–Crippen LogP) is 1.00. The highest BCUT2D eigenvalue weighted by molar-refractivity contribution is 5.90. The molecule has 86 valence electrons. The van der Waals surface area contributed by atoms with E-state index in [0.29, 0.717) is 23.2 Å². The van der Waals surface area contributed by atoms with Crippen LogP contribution in [0, 0.1) is 13.8 Å². The lowest BCUT2D eigenvalue weighted by molar-refractivity contribution is 0.389. The van der Waals surface area contributed by atoms with E-state index in [0.717, 1.165) is 11.1 Å². The third kappa shape index (κ3) is 1.36. The molecule has 3 heterocycles. The number of aromatic nitrogens is 5. The van der Waals surface area contributed by atoms with Crippen molar-refractivity contribution in [2.75, 3.05) is 5.73 Å². The van der Waals surface area contributed by atoms with Crippen LogP contribution in [0.4, 0.5) is 5.69 Å². The van der Waals surface area contributed by atoms with Crippen LogP contribution in [0.25, 0.3) is 17.0 Å². The molecule has 7 nitrogen and oxygen atoms in total. The largest absolute Gasteiger partial charge is 0.398 e. The first-order valence-corrected chi connectivity index (χ1v) is 5.07. The van der Waals surface area contributed by atoms with E-state index in [1.54, 1.807) is 23.9 Å². The van der Waals surface area contributed by atoms with E-state index in [-0.39, 0.29) is 0 Å². The molecule has 0 aromatic carbocycles. The van der Waals surface area contributed by atoms with Crippen LogP contribution in [0.3, 0.4) is 0 Å². The summed E-state index contributed by atoms with van der Waals surface area (Å²) < 4.78 is 6.62. The monoisotopic (exact) mass is 230 g/mol. The van der Waals surface area contributed by atoms with Gasteiger partial charge in [0.05, 0.1) is 11.1 Å². The highest BCUT2D eigenvalue weighted by Crippen LogP contribution is 2.23. The van der Waals surface area contributed by atoms with Crippen LogP contribution in [0.1, 0.15) is 11.5 Å². The third-order valence-electron chi connectivity index (χ3n) is 2.54. The summed E-state index contributed by atoms with van der Waals surface area (Å²) in [5.74, 6) is 0.555. The van der Waals surface area contributed by atoms with E-state index < -0.39 is 0 Å². The Kier molecular flexibility index (Phi) is 1.88. The van der Waals surface area contributed by atoms with Crippen molar-refractivity contribution >= 4 is 16.7 Å². The van der Waals surface area contributed by atoms with Crippen LogP contribution < -0.4 is 5.73 Å². The molecule has 0 radical (unpaired) electrons. The number of aryl methyl sites for hydroxylation is 2. The Morgan fingerprint density at radius 1 is 1.35 bits per heavy atom. The molecule has 0 unspecified atom stereocenters. The van der Waals surface area contributed by atoms with Crippen LogP contribution in [0.5, 0.6) is 0 Å². The Bertz CT molecular complexity index is 698. The topological polar surface area (TPSA) is 95.7 Å². The van der Waals surface area contributed by atoms with E-state index in [1.165, 1.54) is 0 Å². The van der Waals surface area contributed by atoms with Gasteiger partial charge < -0.3 is 10.3 Å². The molecule has 17 heavy (non-hydrogen) atoms. The molecule has 0 saturated carbocycles. The number of pyridine rings is 1. The van der Waals surface area contributed by atoms with E-state index >= 15 is 0 Å². The van der Waals surface area contributed by atoms with Crippen molar-refractivity contribution < 1.29 is 4.52 Å². The van der Waals surface area contributed by atoms with Crippen LogP contribution in [0.15, 0.2) is 16.8 Å². The summed E-state index contributed by atoms with van der Waals surface area (Å²) >= 11 is 0. The fraction of sp³-hybridized carbons (Fsp3) is 0.200. The van der Waals surface area contributed by atoms with Crippen molar-refractivity contribution in [3.8, 4) is 6.01 Å². The van der Waals surface area contributed by atoms with Crippen molar-refractivity contribution in [2.45, 2.75) is 13.8 Å². The van der Waals surface area contributed by atoms with Gasteiger partial charge in [0, 0.05) is 11.9 Å². The number of nitrogens with two attached hydrogens (primary N) is 1. The summed E-state index contributed by atoms with van der Waals surface area (Å²) in [7, 11) is 0. The number of nitrogen functional groups attached to an aromatic ring is 1. The van der Waals surface area contributed by atoms with Gasteiger partial charge in [-0.15, -0.1) is 5.10 Å². The fourth-order valence-corrected chi connectivity index (χ4v) is 1.75. The van der Waals surface area contributed by atoms with Gasteiger partial charge in [-0.25, -0.2) is 4.98 Å². The second kappa shape index (κ2) is 3.27. The maximum atomic E-state index is 5.89. The normalized spacial score (nSPS) is 11.2. The zero-order valence-electron chi connectivity index (χ0n) is 9.38. The molecule has 3 aromatic heterocycles. The molecule has 0 aliphatic heterocycles. The quantitative estimate of drug-likeness (QED) is 0.670. The first-order valence-electron chi connectivity index (χ1n) is 5.07. The minimum absolute atomic E-state index is 0.317. The summed E-state index contributed by atoms with van der Waals surface area (Å²) in [6.45, 7) is 3.63. The van der Waals surface area contributed by atoms with Gasteiger partial charge >= 0.3 is 6.01 Å². The van der Waals surface area contributed by atoms with Gasteiger partial charge in [-0.3, -0.25) is 0 Å². The van der Waals surface area contributed by atoms with Crippen LogP contribution >= 0.6 is 0 Å². The summed E-state index contributed by atoms with van der Waals surface area (Å²) in [6.07, 6.45) is 1.62. The molecule has 0 aliphatic carbocycles. The number of anilines is 1. The standard InChI is InChI=1S/C10H10N6O/c1-5-8-7(11)3-4-12-9(8)14-16(5)10-13-6(2)15-17-10/h3-4H,11H2,1-2H3. The maximum Gasteiger partial charge on any atom is 0.349 e. The molecule has 0 atom stereocenters. The molecular weight excluding hydrogens is 220 g/mol. The van der Waals surface area contributed by atoms with Gasteiger partial charge in [0.15, 0.2) is 11.5 Å². The minimum atomic E-state index is 0.317. The number of rotatable bonds is 1. The van der Waals surface area contributed by atoms with Gasteiger partial charge in [-0.1, -0.05) is 5.16 Å². The van der Waals surface area contributed by atoms with Gasteiger partial charge in [0.2, 0.25) is 0 Å². The highest BCUT2D eigenvalue weighted by atomic mass is 16.5. The van der Waals surface area contributed by atoms with Crippen molar-refractivity contribution in [3.63, 3.8) is 0 Å². The zero-order chi connectivity index (χ0) is 12.0. The maximum absolute atomic E-state index is 5.89. The number of hydrogen-bond acceptors (Lipinski definition) is 6. The Morgan fingerprint density at radius 2 is 2.18 bits per heavy atom. The summed E-state index contributed by atoms with van der Waals surface area (Å²) in [6, 6.07) is 2.05. The molecule has 0 spiro atoms. The van der Waals surface area contributed by atoms with Gasteiger partial charge in [-0.05, 0) is 19.9 Å². The summed E-state index contributed by atoms with van der Waals surface area (Å²) in [5, 5.41) is 8.82. The highest BCUT2D eigenvalue weighted by Gasteiger charge is 2.15. The molecule has 0 aliphatic rings. The van der Waals surface area contributed by atoms with E-state index in [1.807, 2.05) is 6.92 Å². The van der Waals surface area contributed by atoms with Gasteiger partial charge in [0.1, 0.15) is 0 Å². The average Bonchev–Trinajstić information content (AvgIpc) is 2.84. The molecule has 0 amide bonds. The molecule has 7 heteroatoms. The first kappa shape index (κ1) is 9.76. The molecule has 0 bridgehead atoms. The lowest BCUT2D eigenvalue weighted by Gasteiger charge is -1.96. The molecule has 3 aromatic rings. The third-order valence-corrected chi connectivity index (χ3v) is 2.54. The number of fused-ring (bicyclic) bond motifs is 1. The van der Waals surface area contributed by atoms with E-state index in [9.17, 15) is 0 Å². The zero-order valence-corrected chi connectivity index (χ0v) is 9.38. The second-order valence-corrected chi connectivity index (χ2v) is 3.72. The van der Waals surface area contributed by atoms with Crippen LogP contribution in [-0.4, -0.2) is 24.9 Å².